The van der Waals surface area contributed by atoms with E-state index in [1.807, 2.05) is 0 Å². The Balaban J connectivity index is 2.09. The van der Waals surface area contributed by atoms with Crippen molar-refractivity contribution in [2.24, 2.45) is 0 Å². The lowest BCUT2D eigenvalue weighted by atomic mass is 9.92. The van der Waals surface area contributed by atoms with Gasteiger partial charge in [0.25, 0.3) is 0 Å². The predicted octanol–water partition coefficient (Wildman–Crippen LogP) is 4.03. The number of ketones is 2. The van der Waals surface area contributed by atoms with Crippen molar-refractivity contribution in [3.63, 3.8) is 0 Å². The van der Waals surface area contributed by atoms with Gasteiger partial charge in [0.15, 0.2) is 23.0 Å². The first-order valence-corrected chi connectivity index (χ1v) is 12.3. The summed E-state index contributed by atoms with van der Waals surface area (Å²) in [6.07, 6.45) is 1.40. The molecular formula is C24H24NO9P. The van der Waals surface area contributed by atoms with Gasteiger partial charge in [0, 0.05) is 11.8 Å². The number of fused-ring (bicyclic) bond motifs is 2. The maximum absolute atomic E-state index is 14.1. The summed E-state index contributed by atoms with van der Waals surface area (Å²) in [5.74, 6) is -0.615. The van der Waals surface area contributed by atoms with Crippen molar-refractivity contribution in [3.05, 3.63) is 53.0 Å². The molecule has 1 aliphatic rings. The Morgan fingerprint density at radius 2 is 1.54 bits per heavy atom. The van der Waals surface area contributed by atoms with Crippen LogP contribution in [-0.2, 0) is 13.6 Å². The number of aromatic nitrogens is 1. The van der Waals surface area contributed by atoms with Crippen molar-refractivity contribution < 1.29 is 41.8 Å². The molecule has 0 radical (unpaired) electrons. The summed E-state index contributed by atoms with van der Waals surface area (Å²) in [5.41, 5.74) is 0.128. The SMILES string of the molecule is CCOP(=O)(OCC)c1c(-c2cc(OC)c(OC)c(OC)c2)oc2c1C(=O)c1ncccc1C2=O. The van der Waals surface area contributed by atoms with Crippen LogP contribution >= 0.6 is 7.60 Å². The number of benzene rings is 1. The monoisotopic (exact) mass is 501 g/mol. The number of furan rings is 1. The average molecular weight is 501 g/mol. The van der Waals surface area contributed by atoms with Gasteiger partial charge in [0.05, 0.1) is 45.7 Å². The highest BCUT2D eigenvalue weighted by Gasteiger charge is 2.46. The topological polar surface area (TPSA) is 123 Å². The van der Waals surface area contributed by atoms with Crippen molar-refractivity contribution >= 4 is 24.5 Å². The molecule has 184 valence electrons. The van der Waals surface area contributed by atoms with Crippen LogP contribution in [-0.4, -0.2) is 51.1 Å². The second-order valence-electron chi connectivity index (χ2n) is 7.29. The summed E-state index contributed by atoms with van der Waals surface area (Å²) >= 11 is 0. The fraction of sp³-hybridized carbons (Fsp3) is 0.292. The van der Waals surface area contributed by atoms with Crippen molar-refractivity contribution in [1.29, 1.82) is 0 Å². The first-order chi connectivity index (χ1) is 16.8. The van der Waals surface area contributed by atoms with E-state index in [0.717, 1.165) is 0 Å². The third-order valence-electron chi connectivity index (χ3n) is 5.38. The molecule has 35 heavy (non-hydrogen) atoms. The Hall–Kier alpha value is -3.46. The molecule has 10 nitrogen and oxygen atoms in total. The van der Waals surface area contributed by atoms with Gasteiger partial charge in [-0.15, -0.1) is 0 Å². The lowest BCUT2D eigenvalue weighted by Gasteiger charge is -2.20. The van der Waals surface area contributed by atoms with E-state index in [9.17, 15) is 14.2 Å². The van der Waals surface area contributed by atoms with E-state index in [0.29, 0.717) is 11.3 Å². The van der Waals surface area contributed by atoms with E-state index < -0.39 is 19.2 Å². The quantitative estimate of drug-likeness (QED) is 0.311. The van der Waals surface area contributed by atoms with Gasteiger partial charge in [-0.25, -0.2) is 0 Å². The van der Waals surface area contributed by atoms with Crippen molar-refractivity contribution in [1.82, 2.24) is 4.98 Å². The molecule has 0 saturated carbocycles. The standard InChI is InChI=1S/C24H24NO9P/c1-6-32-35(28,33-7-2)24-17-20(27)18-14(9-8-10-25-18)19(26)23(17)34-21(24)13-11-15(29-3)22(31-5)16(12-13)30-4/h8-12H,6-7H2,1-5H3. The Kier molecular flexibility index (Phi) is 6.80. The van der Waals surface area contributed by atoms with Gasteiger partial charge >= 0.3 is 7.60 Å². The maximum atomic E-state index is 14.1. The minimum absolute atomic E-state index is 0.0168. The molecule has 3 aromatic rings. The summed E-state index contributed by atoms with van der Waals surface area (Å²) in [6.45, 7) is 3.31. The van der Waals surface area contributed by atoms with Gasteiger partial charge in [-0.1, -0.05) is 0 Å². The molecule has 0 N–H and O–H groups in total. The van der Waals surface area contributed by atoms with Crippen LogP contribution in [0.2, 0.25) is 0 Å². The van der Waals surface area contributed by atoms with Crippen LogP contribution in [0.5, 0.6) is 17.2 Å². The Labute approximate surface area is 201 Å². The smallest absolute Gasteiger partial charge is 0.366 e. The molecule has 0 fully saturated rings. The minimum atomic E-state index is -4.14. The normalized spacial score (nSPS) is 12.8. The van der Waals surface area contributed by atoms with E-state index >= 15 is 0 Å². The maximum Gasteiger partial charge on any atom is 0.366 e. The minimum Gasteiger partial charge on any atom is -0.493 e. The number of carbonyl (C=O) groups is 2. The second-order valence-corrected chi connectivity index (χ2v) is 9.25. The van der Waals surface area contributed by atoms with Crippen LogP contribution in [0.3, 0.4) is 0 Å². The fourth-order valence-corrected chi connectivity index (χ4v) is 5.89. The van der Waals surface area contributed by atoms with Gasteiger partial charge in [-0.05, 0) is 38.1 Å². The number of pyridine rings is 1. The summed E-state index contributed by atoms with van der Waals surface area (Å²) in [7, 11) is 0.199. The second kappa shape index (κ2) is 9.65. The number of ether oxygens (including phenoxy) is 3. The zero-order valence-corrected chi connectivity index (χ0v) is 20.8. The van der Waals surface area contributed by atoms with Crippen LogP contribution < -0.4 is 19.5 Å². The summed E-state index contributed by atoms with van der Waals surface area (Å²) in [5, 5.41) is -0.153. The van der Waals surface area contributed by atoms with Crippen molar-refractivity contribution in [2.75, 3.05) is 34.5 Å². The van der Waals surface area contributed by atoms with Gasteiger partial charge in [0.1, 0.15) is 11.0 Å². The average Bonchev–Trinajstić information content (AvgIpc) is 3.28. The van der Waals surface area contributed by atoms with Gasteiger partial charge in [-0.2, -0.15) is 0 Å². The van der Waals surface area contributed by atoms with Crippen LogP contribution in [0.15, 0.2) is 34.9 Å². The highest BCUT2D eigenvalue weighted by molar-refractivity contribution is 7.62. The molecule has 11 heteroatoms. The largest absolute Gasteiger partial charge is 0.493 e. The fourth-order valence-electron chi connectivity index (χ4n) is 3.98. The van der Waals surface area contributed by atoms with E-state index in [1.54, 1.807) is 32.0 Å². The van der Waals surface area contributed by atoms with E-state index in [4.69, 9.17) is 27.7 Å². The van der Waals surface area contributed by atoms with Crippen molar-refractivity contribution in [2.45, 2.75) is 13.8 Å². The zero-order chi connectivity index (χ0) is 25.3. The number of hydrogen-bond acceptors (Lipinski definition) is 10. The van der Waals surface area contributed by atoms with Crippen LogP contribution in [0, 0.1) is 0 Å². The Morgan fingerprint density at radius 3 is 2.09 bits per heavy atom. The lowest BCUT2D eigenvalue weighted by Crippen LogP contribution is -2.27. The van der Waals surface area contributed by atoms with Gasteiger partial charge in [-0.3, -0.25) is 19.1 Å². The molecule has 0 aliphatic heterocycles. The number of nitrogens with zero attached hydrogens (tertiary/aromatic N) is 1. The predicted molar refractivity (Wildman–Crippen MR) is 125 cm³/mol. The molecule has 1 aromatic carbocycles. The number of carbonyl (C=O) groups excluding carboxylic acids is 2. The third kappa shape index (κ3) is 3.93. The number of hydrogen-bond donors (Lipinski definition) is 0. The van der Waals surface area contributed by atoms with Crippen LogP contribution in [0.25, 0.3) is 11.3 Å². The molecule has 0 atom stereocenters. The molecule has 0 saturated heterocycles. The first kappa shape index (κ1) is 24.7. The van der Waals surface area contributed by atoms with Gasteiger partial charge < -0.3 is 27.7 Å². The number of methoxy groups -OCH3 is 3. The highest BCUT2D eigenvalue weighted by Crippen LogP contribution is 2.53. The van der Waals surface area contributed by atoms with Crippen LogP contribution in [0.4, 0.5) is 0 Å². The van der Waals surface area contributed by atoms with Crippen molar-refractivity contribution in [3.8, 4) is 28.6 Å². The molecule has 2 heterocycles. The lowest BCUT2D eigenvalue weighted by molar-refractivity contribution is 0.0957. The Bertz CT molecular complexity index is 1330. The Morgan fingerprint density at radius 1 is 0.914 bits per heavy atom. The molecule has 0 unspecified atom stereocenters. The van der Waals surface area contributed by atoms with E-state index in [1.165, 1.54) is 33.6 Å². The first-order valence-electron chi connectivity index (χ1n) is 10.8. The molecule has 0 bridgehead atoms. The molecule has 0 spiro atoms. The molecule has 1 aliphatic carbocycles. The zero-order valence-electron chi connectivity index (χ0n) is 19.9. The number of rotatable bonds is 9. The summed E-state index contributed by atoms with van der Waals surface area (Å²) in [4.78, 5) is 30.9. The highest BCUT2D eigenvalue weighted by atomic mass is 31.2. The molecule has 4 rings (SSSR count). The van der Waals surface area contributed by atoms with E-state index in [2.05, 4.69) is 4.98 Å². The molecular weight excluding hydrogens is 477 g/mol. The summed E-state index contributed by atoms with van der Waals surface area (Å²) in [6, 6.07) is 6.14. The van der Waals surface area contributed by atoms with Crippen LogP contribution in [0.1, 0.15) is 46.0 Å². The third-order valence-corrected chi connectivity index (χ3v) is 7.55. The molecule has 0 amide bonds. The molecule has 2 aromatic heterocycles. The van der Waals surface area contributed by atoms with Gasteiger partial charge in [0.2, 0.25) is 17.3 Å². The summed E-state index contributed by atoms with van der Waals surface area (Å²) < 4.78 is 47.5. The van der Waals surface area contributed by atoms with E-state index in [-0.39, 0.29) is 58.4 Å².